The predicted octanol–water partition coefficient (Wildman–Crippen LogP) is 4.10. The first-order valence-electron chi connectivity index (χ1n) is 12.5. The Morgan fingerprint density at radius 3 is 2.31 bits per heavy atom. The molecule has 7 heteroatoms. The smallest absolute Gasteiger partial charge is 0.326 e. The van der Waals surface area contributed by atoms with E-state index in [2.05, 4.69) is 11.4 Å². The van der Waals surface area contributed by atoms with Crippen LogP contribution in [0.2, 0.25) is 0 Å². The average Bonchev–Trinajstić information content (AvgIpc) is 2.87. The van der Waals surface area contributed by atoms with E-state index >= 15 is 0 Å². The molecule has 6 rings (SSSR count). The van der Waals surface area contributed by atoms with Crippen LogP contribution in [0.3, 0.4) is 0 Å². The number of hydrogen-bond donors (Lipinski definition) is 2. The average molecular weight is 487 g/mol. The van der Waals surface area contributed by atoms with E-state index in [9.17, 15) is 24.8 Å². The van der Waals surface area contributed by atoms with Gasteiger partial charge >= 0.3 is 11.9 Å². The maximum Gasteiger partial charge on any atom is 0.326 e. The highest BCUT2D eigenvalue weighted by molar-refractivity contribution is 5.89. The zero-order valence-corrected chi connectivity index (χ0v) is 20.3. The molecule has 3 atom stereocenters. The lowest BCUT2D eigenvalue weighted by Gasteiger charge is -2.59. The summed E-state index contributed by atoms with van der Waals surface area (Å²) in [5, 5.41) is 22.1. The maximum atomic E-state index is 13.6. The highest BCUT2D eigenvalue weighted by Crippen LogP contribution is 2.65. The Hall–Kier alpha value is -3.66. The Kier molecular flexibility index (Phi) is 6.07. The molecule has 0 saturated heterocycles. The molecule has 4 aliphatic rings. The van der Waals surface area contributed by atoms with E-state index in [0.717, 1.165) is 36.0 Å². The fraction of sp³-hybridized carbons (Fsp3) is 0.448. The zero-order valence-electron chi connectivity index (χ0n) is 20.3. The van der Waals surface area contributed by atoms with Crippen molar-refractivity contribution in [3.63, 3.8) is 0 Å². The first-order chi connectivity index (χ1) is 17.3. The number of carboxylic acid groups (broad SMARTS) is 1. The van der Waals surface area contributed by atoms with Gasteiger partial charge in [-0.25, -0.2) is 4.79 Å². The van der Waals surface area contributed by atoms with Crippen molar-refractivity contribution >= 4 is 17.8 Å². The van der Waals surface area contributed by atoms with Gasteiger partial charge in [-0.15, -0.1) is 0 Å². The third-order valence-corrected chi connectivity index (χ3v) is 8.52. The molecule has 0 aliphatic heterocycles. The molecule has 36 heavy (non-hydrogen) atoms. The van der Waals surface area contributed by atoms with Gasteiger partial charge in [0.05, 0.1) is 29.6 Å². The molecule has 0 radical (unpaired) electrons. The van der Waals surface area contributed by atoms with Crippen LogP contribution in [0.15, 0.2) is 48.5 Å². The lowest BCUT2D eigenvalue weighted by molar-refractivity contribution is -0.182. The number of carboxylic acids is 1. The second-order valence-electron chi connectivity index (χ2n) is 10.9. The van der Waals surface area contributed by atoms with E-state index < -0.39 is 22.8 Å². The first-order valence-corrected chi connectivity index (χ1v) is 12.5. The molecule has 7 nitrogen and oxygen atoms in total. The number of amides is 1. The van der Waals surface area contributed by atoms with Crippen LogP contribution >= 0.6 is 0 Å². The van der Waals surface area contributed by atoms with Gasteiger partial charge in [-0.05, 0) is 73.1 Å². The Morgan fingerprint density at radius 2 is 1.69 bits per heavy atom. The van der Waals surface area contributed by atoms with E-state index in [1.54, 1.807) is 6.07 Å². The molecule has 186 valence electrons. The Morgan fingerprint density at radius 1 is 1.06 bits per heavy atom. The van der Waals surface area contributed by atoms with Crippen molar-refractivity contribution in [1.29, 1.82) is 5.26 Å². The van der Waals surface area contributed by atoms with Crippen LogP contribution in [0.5, 0.6) is 0 Å². The molecule has 1 amide bonds. The van der Waals surface area contributed by atoms with Crippen molar-refractivity contribution in [2.45, 2.75) is 51.0 Å². The third kappa shape index (κ3) is 4.15. The summed E-state index contributed by atoms with van der Waals surface area (Å²) in [4.78, 5) is 38.4. The topological polar surface area (TPSA) is 116 Å². The molecule has 0 aromatic heterocycles. The summed E-state index contributed by atoms with van der Waals surface area (Å²) in [5.41, 5.74) is 1.70. The number of hydrogen-bond acceptors (Lipinski definition) is 5. The van der Waals surface area contributed by atoms with Crippen molar-refractivity contribution in [3.05, 3.63) is 59.7 Å². The molecule has 0 heterocycles. The Labute approximate surface area is 210 Å². The largest absolute Gasteiger partial charge is 0.480 e. The fourth-order valence-electron chi connectivity index (χ4n) is 7.38. The highest BCUT2D eigenvalue weighted by Gasteiger charge is 2.63. The van der Waals surface area contributed by atoms with E-state index in [1.165, 1.54) is 7.11 Å². The van der Waals surface area contributed by atoms with Gasteiger partial charge in [0.1, 0.15) is 6.04 Å². The minimum atomic E-state index is -1.09. The summed E-state index contributed by atoms with van der Waals surface area (Å²) >= 11 is 0. The van der Waals surface area contributed by atoms with E-state index in [0.29, 0.717) is 36.7 Å². The van der Waals surface area contributed by atoms with Crippen molar-refractivity contribution in [2.75, 3.05) is 7.11 Å². The van der Waals surface area contributed by atoms with Gasteiger partial charge in [-0.1, -0.05) is 42.5 Å². The molecule has 4 aliphatic carbocycles. The standard InChI is InChI=1S/C29H30N2O5/c1-36-27(35)29-14-19-10-20(15-29)13-28(12-19,17-29)26(34)31-24(25(32)33)11-18-6-8-21(9-7-18)23-5-3-2-4-22(23)16-30/h2-9,19-20,24H,10-15,17H2,1H3,(H,31,34)(H,32,33)/t19?,20?,24-,28?,29?/m0/s1. The molecule has 4 fully saturated rings. The van der Waals surface area contributed by atoms with E-state index in [1.807, 2.05) is 42.5 Å². The van der Waals surface area contributed by atoms with Gasteiger partial charge in [0.15, 0.2) is 0 Å². The predicted molar refractivity (Wildman–Crippen MR) is 131 cm³/mol. The monoisotopic (exact) mass is 486 g/mol. The van der Waals surface area contributed by atoms with Gasteiger partial charge in [-0.2, -0.15) is 5.26 Å². The number of esters is 1. The van der Waals surface area contributed by atoms with Crippen molar-refractivity contribution in [3.8, 4) is 17.2 Å². The van der Waals surface area contributed by atoms with Crippen LogP contribution in [0, 0.1) is 34.0 Å². The summed E-state index contributed by atoms with van der Waals surface area (Å²) in [6.45, 7) is 0. The summed E-state index contributed by atoms with van der Waals surface area (Å²) in [6.07, 6.45) is 4.53. The van der Waals surface area contributed by atoms with Crippen LogP contribution in [0.1, 0.15) is 49.7 Å². The van der Waals surface area contributed by atoms with Crippen LogP contribution in [-0.4, -0.2) is 36.1 Å². The SMILES string of the molecule is COC(=O)C12CC3CC(CC(C(=O)N[C@@H](Cc4ccc(-c5ccccc5C#N)cc4)C(=O)O)(C3)C1)C2. The Bertz CT molecular complexity index is 1230. The minimum absolute atomic E-state index is 0.145. The van der Waals surface area contributed by atoms with Crippen molar-refractivity contribution in [2.24, 2.45) is 22.7 Å². The normalized spacial score (nSPS) is 28.7. The van der Waals surface area contributed by atoms with E-state index in [-0.39, 0.29) is 18.3 Å². The number of aliphatic carboxylic acids is 1. The number of nitrogens with one attached hydrogen (secondary N) is 1. The van der Waals surface area contributed by atoms with Gasteiger partial charge in [0.2, 0.25) is 5.91 Å². The highest BCUT2D eigenvalue weighted by atomic mass is 16.5. The maximum absolute atomic E-state index is 13.6. The second-order valence-corrected chi connectivity index (χ2v) is 10.9. The molecule has 2 aromatic rings. The molecule has 2 aromatic carbocycles. The molecular weight excluding hydrogens is 456 g/mol. The van der Waals surface area contributed by atoms with Crippen LogP contribution in [0.25, 0.3) is 11.1 Å². The lowest BCUT2D eigenvalue weighted by Crippen LogP contribution is -2.61. The van der Waals surface area contributed by atoms with Crippen LogP contribution in [-0.2, 0) is 25.5 Å². The van der Waals surface area contributed by atoms with Crippen molar-refractivity contribution < 1.29 is 24.2 Å². The van der Waals surface area contributed by atoms with Crippen LogP contribution in [0.4, 0.5) is 0 Å². The van der Waals surface area contributed by atoms with Gasteiger partial charge in [0.25, 0.3) is 0 Å². The second kappa shape index (κ2) is 9.09. The minimum Gasteiger partial charge on any atom is -0.480 e. The quantitative estimate of drug-likeness (QED) is 0.569. The molecule has 4 saturated carbocycles. The molecule has 0 spiro atoms. The fourth-order valence-corrected chi connectivity index (χ4v) is 7.38. The number of benzene rings is 2. The number of nitrogens with zero attached hydrogens (tertiary/aromatic N) is 1. The van der Waals surface area contributed by atoms with Crippen LogP contribution < -0.4 is 5.32 Å². The van der Waals surface area contributed by atoms with Gasteiger partial charge in [-0.3, -0.25) is 9.59 Å². The number of methoxy groups -OCH3 is 1. The molecule has 4 bridgehead atoms. The Balaban J connectivity index is 1.32. The van der Waals surface area contributed by atoms with E-state index in [4.69, 9.17) is 4.74 Å². The number of rotatable bonds is 7. The molecular formula is C29H30N2O5. The number of carbonyl (C=O) groups excluding carboxylic acids is 2. The number of nitriles is 1. The molecule has 2 unspecified atom stereocenters. The number of ether oxygens (including phenoxy) is 1. The molecule has 2 N–H and O–H groups in total. The summed E-state index contributed by atoms with van der Waals surface area (Å²) in [5.74, 6) is -0.987. The van der Waals surface area contributed by atoms with Gasteiger partial charge < -0.3 is 15.2 Å². The first kappa shape index (κ1) is 24.1. The number of carbonyl (C=O) groups is 3. The summed E-state index contributed by atoms with van der Waals surface area (Å²) in [7, 11) is 1.40. The third-order valence-electron chi connectivity index (χ3n) is 8.52. The lowest BCUT2D eigenvalue weighted by atomic mass is 9.44. The van der Waals surface area contributed by atoms with Crippen molar-refractivity contribution in [1.82, 2.24) is 5.32 Å². The van der Waals surface area contributed by atoms with Gasteiger partial charge in [0, 0.05) is 6.42 Å². The summed E-state index contributed by atoms with van der Waals surface area (Å²) < 4.78 is 5.13. The zero-order chi connectivity index (χ0) is 25.5. The summed E-state index contributed by atoms with van der Waals surface area (Å²) in [6, 6.07) is 15.8.